The van der Waals surface area contributed by atoms with Crippen LogP contribution in [-0.4, -0.2) is 20.4 Å². The van der Waals surface area contributed by atoms with Crippen molar-refractivity contribution in [1.82, 2.24) is 0 Å². The van der Waals surface area contributed by atoms with Crippen molar-refractivity contribution in [2.45, 2.75) is 37.6 Å². The van der Waals surface area contributed by atoms with Crippen LogP contribution in [0.2, 0.25) is 0 Å². The van der Waals surface area contributed by atoms with E-state index in [4.69, 9.17) is 9.79 Å². The van der Waals surface area contributed by atoms with Gasteiger partial charge in [0.05, 0.1) is 5.92 Å². The van der Waals surface area contributed by atoms with E-state index in [9.17, 15) is 14.2 Å². The summed E-state index contributed by atoms with van der Waals surface area (Å²) in [6, 6.07) is 0. The summed E-state index contributed by atoms with van der Waals surface area (Å²) >= 11 is 0. The van der Waals surface area contributed by atoms with Crippen LogP contribution in [0.3, 0.4) is 0 Å². The van der Waals surface area contributed by atoms with Gasteiger partial charge in [0.25, 0.3) is 0 Å². The average molecular weight is 256 g/mol. The zero-order valence-corrected chi connectivity index (χ0v) is 9.86. The molecular weight excluding hydrogens is 242 g/mol. The Morgan fingerprint density at radius 3 is 2.07 bits per heavy atom. The van der Waals surface area contributed by atoms with Crippen LogP contribution in [0.15, 0.2) is 0 Å². The van der Waals surface area contributed by atoms with E-state index in [1.165, 1.54) is 0 Å². The number of hydrogen-bond donors (Lipinski definition) is 3. The Morgan fingerprint density at radius 2 is 1.67 bits per heavy atom. The Hall–Kier alpha value is 0.0400. The highest BCUT2D eigenvalue weighted by atomic mass is 31.1. The van der Waals surface area contributed by atoms with Crippen LogP contribution in [0.1, 0.15) is 32.1 Å². The first-order valence-corrected chi connectivity index (χ1v) is 7.05. The molecule has 15 heavy (non-hydrogen) atoms. The first-order chi connectivity index (χ1) is 6.97. The van der Waals surface area contributed by atoms with Crippen LogP contribution in [0, 0.1) is 5.92 Å². The van der Waals surface area contributed by atoms with Crippen LogP contribution in [-0.2, 0) is 13.7 Å². The van der Waals surface area contributed by atoms with Crippen molar-refractivity contribution in [3.63, 3.8) is 0 Å². The third kappa shape index (κ3) is 3.25. The highest BCUT2D eigenvalue weighted by molar-refractivity contribution is 7.41. The Balaban J connectivity index is 2.78. The van der Waals surface area contributed by atoms with Gasteiger partial charge >= 0.3 is 21.8 Å². The van der Waals surface area contributed by atoms with Crippen molar-refractivity contribution >= 4 is 16.3 Å². The molecule has 0 radical (unpaired) electrons. The SMILES string of the molecule is O=[P+](O)OC(O)(C1CCCCC1)[P+](=O)O. The molecule has 0 heterocycles. The van der Waals surface area contributed by atoms with E-state index >= 15 is 0 Å². The summed E-state index contributed by atoms with van der Waals surface area (Å²) in [5.74, 6) is -0.550. The minimum Gasteiger partial charge on any atom is -0.321 e. The second-order valence-electron chi connectivity index (χ2n) is 3.60. The average Bonchev–Trinajstić information content (AvgIpc) is 2.17. The van der Waals surface area contributed by atoms with E-state index in [1.54, 1.807) is 0 Å². The molecule has 3 atom stereocenters. The molecule has 0 aromatic heterocycles. The molecule has 3 unspecified atom stereocenters. The second kappa shape index (κ2) is 5.39. The highest BCUT2D eigenvalue weighted by Gasteiger charge is 2.62. The summed E-state index contributed by atoms with van der Waals surface area (Å²) in [5, 5.41) is 9.78. The fourth-order valence-electron chi connectivity index (χ4n) is 1.86. The molecule has 1 aliphatic carbocycles. The van der Waals surface area contributed by atoms with E-state index < -0.39 is 27.7 Å². The monoisotopic (exact) mass is 256 g/mol. The molecule has 0 spiro atoms. The van der Waals surface area contributed by atoms with E-state index in [2.05, 4.69) is 4.52 Å². The topological polar surface area (TPSA) is 104 Å². The van der Waals surface area contributed by atoms with Gasteiger partial charge in [0.2, 0.25) is 0 Å². The molecule has 86 valence electrons. The smallest absolute Gasteiger partial charge is 0.321 e. The summed E-state index contributed by atoms with van der Waals surface area (Å²) in [6.07, 6.45) is 3.70. The molecule has 0 aliphatic heterocycles. The van der Waals surface area contributed by atoms with E-state index in [-0.39, 0.29) is 0 Å². The molecule has 0 saturated heterocycles. The lowest BCUT2D eigenvalue weighted by Crippen LogP contribution is -2.36. The Labute approximate surface area is 89.1 Å². The van der Waals surface area contributed by atoms with Gasteiger partial charge < -0.3 is 5.11 Å². The van der Waals surface area contributed by atoms with Crippen LogP contribution in [0.5, 0.6) is 0 Å². The molecule has 1 fully saturated rings. The van der Waals surface area contributed by atoms with Crippen molar-refractivity contribution < 1.29 is 28.5 Å². The summed E-state index contributed by atoms with van der Waals surface area (Å²) in [4.78, 5) is 17.5. The van der Waals surface area contributed by atoms with Crippen molar-refractivity contribution in [3.05, 3.63) is 0 Å². The van der Waals surface area contributed by atoms with Gasteiger partial charge in [-0.25, -0.2) is 0 Å². The van der Waals surface area contributed by atoms with Crippen molar-refractivity contribution in [3.8, 4) is 0 Å². The molecule has 1 rings (SSSR count). The lowest BCUT2D eigenvalue weighted by molar-refractivity contribution is -0.120. The molecule has 1 saturated carbocycles. The third-order valence-electron chi connectivity index (χ3n) is 2.62. The van der Waals surface area contributed by atoms with Crippen LogP contribution < -0.4 is 0 Å². The number of hydrogen-bond acceptors (Lipinski definition) is 4. The molecule has 3 N–H and O–H groups in total. The maximum absolute atomic E-state index is 11.0. The first-order valence-electron chi connectivity index (χ1n) is 4.70. The predicted octanol–water partition coefficient (Wildman–Crippen LogP) is 1.61. The van der Waals surface area contributed by atoms with Crippen molar-refractivity contribution in [2.75, 3.05) is 0 Å². The summed E-state index contributed by atoms with van der Waals surface area (Å²) in [7, 11) is -6.15. The minimum absolute atomic E-state index is 0.529. The van der Waals surface area contributed by atoms with Gasteiger partial charge in [-0.15, -0.1) is 4.89 Å². The zero-order chi connectivity index (χ0) is 11.5. The molecule has 0 amide bonds. The lowest BCUT2D eigenvalue weighted by atomic mass is 9.88. The number of aliphatic hydroxyl groups is 1. The maximum Gasteiger partial charge on any atom is 0.702 e. The molecule has 1 aliphatic rings. The zero-order valence-electron chi connectivity index (χ0n) is 8.07. The summed E-state index contributed by atoms with van der Waals surface area (Å²) in [5.41, 5.74) is -2.38. The molecule has 0 aromatic carbocycles. The standard InChI is InChI=1S/C7H12O6P2/c8-7(14(9)10,13-15(11)12)6-4-2-1-3-5-6/h6,8H,1-5H2/p+2. The minimum atomic E-state index is -3.09. The second-order valence-corrected chi connectivity index (χ2v) is 5.44. The predicted molar refractivity (Wildman–Crippen MR) is 52.3 cm³/mol. The fourth-order valence-corrected chi connectivity index (χ4v) is 3.30. The fraction of sp³-hybridized carbons (Fsp3) is 1.00. The van der Waals surface area contributed by atoms with Gasteiger partial charge in [-0.1, -0.05) is 19.3 Å². The molecule has 6 nitrogen and oxygen atoms in total. The van der Waals surface area contributed by atoms with Gasteiger partial charge in [0, 0.05) is 4.57 Å². The van der Waals surface area contributed by atoms with Gasteiger partial charge in [0.15, 0.2) is 0 Å². The first kappa shape index (κ1) is 13.1. The van der Waals surface area contributed by atoms with E-state index in [1.807, 2.05) is 0 Å². The van der Waals surface area contributed by atoms with Gasteiger partial charge in [-0.05, 0) is 21.9 Å². The molecule has 8 heteroatoms. The van der Waals surface area contributed by atoms with E-state index in [0.717, 1.165) is 19.3 Å². The van der Waals surface area contributed by atoms with Crippen LogP contribution in [0.25, 0.3) is 0 Å². The van der Waals surface area contributed by atoms with Crippen LogP contribution in [0.4, 0.5) is 0 Å². The molecule has 0 bridgehead atoms. The quantitative estimate of drug-likeness (QED) is 0.521. The largest absolute Gasteiger partial charge is 0.702 e. The highest BCUT2D eigenvalue weighted by Crippen LogP contribution is 2.49. The maximum atomic E-state index is 11.0. The van der Waals surface area contributed by atoms with Gasteiger partial charge in [-0.2, -0.15) is 4.89 Å². The van der Waals surface area contributed by atoms with Gasteiger partial charge in [0.1, 0.15) is 0 Å². The third-order valence-corrected chi connectivity index (χ3v) is 4.21. The number of rotatable bonds is 4. The van der Waals surface area contributed by atoms with Crippen molar-refractivity contribution in [1.29, 1.82) is 0 Å². The summed E-state index contributed by atoms with van der Waals surface area (Å²) < 4.78 is 25.8. The molecule has 0 aromatic rings. The van der Waals surface area contributed by atoms with Gasteiger partial charge in [-0.3, -0.25) is 0 Å². The Bertz CT molecular complexity index is 264. The summed E-state index contributed by atoms with van der Waals surface area (Å²) in [6.45, 7) is 0. The Morgan fingerprint density at radius 1 is 1.13 bits per heavy atom. The van der Waals surface area contributed by atoms with Crippen molar-refractivity contribution in [2.24, 2.45) is 5.92 Å². The van der Waals surface area contributed by atoms with Crippen LogP contribution >= 0.6 is 16.3 Å². The Kier molecular flexibility index (Phi) is 4.71. The normalized spacial score (nSPS) is 24.5. The van der Waals surface area contributed by atoms with E-state index in [0.29, 0.717) is 12.8 Å². The molecular formula is C7H14O6P2+2. The lowest BCUT2D eigenvalue weighted by Gasteiger charge is -2.24.